The summed E-state index contributed by atoms with van der Waals surface area (Å²) in [6.07, 6.45) is 0. The average Bonchev–Trinajstić information content (AvgIpc) is 2.46. The molecule has 0 aliphatic carbocycles. The Bertz CT molecular complexity index is 587. The number of benzene rings is 2. The number of hydrogen-bond acceptors (Lipinski definition) is 4. The van der Waals surface area contributed by atoms with Gasteiger partial charge in [-0.3, -0.25) is 9.11 Å². The zero-order valence-corrected chi connectivity index (χ0v) is 14.6. The molecule has 2 aromatic carbocycles. The summed E-state index contributed by atoms with van der Waals surface area (Å²) >= 11 is 0. The van der Waals surface area contributed by atoms with Gasteiger partial charge >= 0.3 is 10.4 Å². The van der Waals surface area contributed by atoms with Gasteiger partial charge in [-0.05, 0) is 11.1 Å². The van der Waals surface area contributed by atoms with Crippen molar-refractivity contribution in [3.8, 4) is 0 Å². The van der Waals surface area contributed by atoms with Crippen LogP contribution in [0.3, 0.4) is 0 Å². The molecular weight excluding hydrogens is 487 g/mol. The van der Waals surface area contributed by atoms with E-state index in [-0.39, 0.29) is 33.1 Å². The van der Waals surface area contributed by atoms with Crippen LogP contribution in [0.2, 0.25) is 0 Å². The summed E-state index contributed by atoms with van der Waals surface area (Å²) in [5.41, 5.74) is 14.4. The first kappa shape index (κ1) is 20.9. The van der Waals surface area contributed by atoms with Crippen LogP contribution in [0, 0.1) is 0 Å². The van der Waals surface area contributed by atoms with Crippen molar-refractivity contribution in [2.75, 3.05) is 0 Å². The quantitative estimate of drug-likeness (QED) is 0.471. The summed E-state index contributed by atoms with van der Waals surface area (Å²) in [6, 6.07) is 19.6. The van der Waals surface area contributed by atoms with Crippen LogP contribution >= 0.6 is 0 Å². The van der Waals surface area contributed by atoms with Gasteiger partial charge in [0.15, 0.2) is 0 Å². The number of nitrogens with two attached hydrogens (primary N) is 2. The summed E-state index contributed by atoms with van der Waals surface area (Å²) < 4.78 is 31.6. The molecule has 2 atom stereocenters. The van der Waals surface area contributed by atoms with Crippen LogP contribution in [0.5, 0.6) is 0 Å². The van der Waals surface area contributed by atoms with Gasteiger partial charge in [-0.15, -0.1) is 0 Å². The van der Waals surface area contributed by atoms with E-state index in [9.17, 15) is 0 Å². The van der Waals surface area contributed by atoms with E-state index in [2.05, 4.69) is 0 Å². The first-order valence-corrected chi connectivity index (χ1v) is 7.49. The Hall–Kier alpha value is -1.08. The largest absolute Gasteiger partial charge is 0.394 e. The minimum absolute atomic E-state index is 0. The molecule has 6 N–H and O–H groups in total. The van der Waals surface area contributed by atoms with E-state index in [1.165, 1.54) is 0 Å². The first-order chi connectivity index (χ1) is 9.79. The zero-order chi connectivity index (χ0) is 15.9. The molecule has 2 rings (SSSR count). The molecule has 2 unspecified atom stereocenters. The molecule has 2 aromatic rings. The van der Waals surface area contributed by atoms with Crippen LogP contribution in [0.15, 0.2) is 60.7 Å². The van der Waals surface area contributed by atoms with E-state index in [1.807, 2.05) is 60.7 Å². The summed E-state index contributed by atoms with van der Waals surface area (Å²) in [6.45, 7) is 0. The Labute approximate surface area is 144 Å². The van der Waals surface area contributed by atoms with Crippen molar-refractivity contribution >= 4 is 10.4 Å². The first-order valence-electron chi connectivity index (χ1n) is 6.10. The molecule has 0 amide bonds. The average molecular weight is 505 g/mol. The fourth-order valence-corrected chi connectivity index (χ4v) is 1.77. The van der Waals surface area contributed by atoms with E-state index >= 15 is 0 Å². The fourth-order valence-electron chi connectivity index (χ4n) is 1.77. The molecular formula is C14H18N2O4PtS. The van der Waals surface area contributed by atoms with Gasteiger partial charge in [0.2, 0.25) is 0 Å². The second-order valence-corrected chi connectivity index (χ2v) is 5.22. The molecule has 0 bridgehead atoms. The maximum Gasteiger partial charge on any atom is 0.394 e. The van der Waals surface area contributed by atoms with Crippen molar-refractivity contribution in [2.24, 2.45) is 11.5 Å². The molecule has 0 heterocycles. The van der Waals surface area contributed by atoms with Crippen molar-refractivity contribution in [1.29, 1.82) is 0 Å². The number of hydrogen-bond donors (Lipinski definition) is 4. The molecule has 0 aliphatic rings. The van der Waals surface area contributed by atoms with Crippen molar-refractivity contribution in [2.45, 2.75) is 12.1 Å². The predicted octanol–water partition coefficient (Wildman–Crippen LogP) is 1.73. The molecule has 22 heavy (non-hydrogen) atoms. The Kier molecular flexibility index (Phi) is 9.35. The van der Waals surface area contributed by atoms with Gasteiger partial charge in [-0.1, -0.05) is 60.7 Å². The molecule has 0 fully saturated rings. The van der Waals surface area contributed by atoms with Crippen LogP contribution in [0.1, 0.15) is 23.2 Å². The number of rotatable bonds is 3. The van der Waals surface area contributed by atoms with Crippen LogP contribution in [0.25, 0.3) is 0 Å². The molecule has 8 heteroatoms. The van der Waals surface area contributed by atoms with E-state index < -0.39 is 10.4 Å². The second kappa shape index (κ2) is 9.84. The van der Waals surface area contributed by atoms with Gasteiger partial charge < -0.3 is 11.5 Å². The van der Waals surface area contributed by atoms with Gasteiger partial charge in [0.25, 0.3) is 0 Å². The Morgan fingerprint density at radius 1 is 0.727 bits per heavy atom. The molecule has 124 valence electrons. The van der Waals surface area contributed by atoms with Gasteiger partial charge in [-0.25, -0.2) is 0 Å². The van der Waals surface area contributed by atoms with Crippen molar-refractivity contribution in [3.63, 3.8) is 0 Å². The standard InChI is InChI=1S/C14H16N2.H2O4S.Pt/c15-13(11-7-3-1-4-8-11)14(16)12-9-5-2-6-10-12;1-5(2,3)4;/h1-10,13-14H,15-16H2;(H2,1,2,3,4);. The Morgan fingerprint density at radius 2 is 0.955 bits per heavy atom. The van der Waals surface area contributed by atoms with E-state index in [0.717, 1.165) is 11.1 Å². The maximum absolute atomic E-state index is 8.74. The van der Waals surface area contributed by atoms with Gasteiger partial charge in [0.05, 0.1) is 0 Å². The molecule has 0 saturated heterocycles. The summed E-state index contributed by atoms with van der Waals surface area (Å²) in [5.74, 6) is 0. The van der Waals surface area contributed by atoms with Crippen molar-refractivity contribution in [3.05, 3.63) is 71.8 Å². The smallest absolute Gasteiger partial charge is 0.322 e. The van der Waals surface area contributed by atoms with Crippen molar-refractivity contribution < 1.29 is 38.6 Å². The monoisotopic (exact) mass is 505 g/mol. The molecule has 0 aliphatic heterocycles. The van der Waals surface area contributed by atoms with Gasteiger partial charge in [0.1, 0.15) is 0 Å². The van der Waals surface area contributed by atoms with Crippen molar-refractivity contribution in [1.82, 2.24) is 0 Å². The second-order valence-electron chi connectivity index (χ2n) is 4.32. The zero-order valence-electron chi connectivity index (χ0n) is 11.5. The third kappa shape index (κ3) is 8.38. The predicted molar refractivity (Wildman–Crippen MR) is 80.9 cm³/mol. The van der Waals surface area contributed by atoms with E-state index in [0.29, 0.717) is 0 Å². The van der Waals surface area contributed by atoms with Crippen LogP contribution in [0.4, 0.5) is 0 Å². The summed E-state index contributed by atoms with van der Waals surface area (Å²) in [7, 11) is -4.67. The Morgan fingerprint density at radius 3 is 1.18 bits per heavy atom. The SMILES string of the molecule is NC(c1ccccc1)C(N)c1ccccc1.O=S(=O)(O)O.[Pt]. The molecule has 0 saturated carbocycles. The molecule has 0 spiro atoms. The maximum atomic E-state index is 8.74. The van der Waals surface area contributed by atoms with Crippen LogP contribution < -0.4 is 11.5 Å². The third-order valence-electron chi connectivity index (χ3n) is 2.76. The topological polar surface area (TPSA) is 127 Å². The fraction of sp³-hybridized carbons (Fsp3) is 0.143. The van der Waals surface area contributed by atoms with Crippen LogP contribution in [-0.4, -0.2) is 17.5 Å². The van der Waals surface area contributed by atoms with Gasteiger partial charge in [0, 0.05) is 33.1 Å². The minimum atomic E-state index is -4.67. The molecule has 0 aromatic heterocycles. The Balaban J connectivity index is 0.000000644. The normalized spacial score (nSPS) is 13.1. The summed E-state index contributed by atoms with van der Waals surface area (Å²) in [5, 5.41) is 0. The van der Waals surface area contributed by atoms with Crippen LogP contribution in [-0.2, 0) is 31.5 Å². The summed E-state index contributed by atoms with van der Waals surface area (Å²) in [4.78, 5) is 0. The minimum Gasteiger partial charge on any atom is -0.322 e. The third-order valence-corrected chi connectivity index (χ3v) is 2.76. The molecule has 0 radical (unpaired) electrons. The van der Waals surface area contributed by atoms with E-state index in [4.69, 9.17) is 29.0 Å². The van der Waals surface area contributed by atoms with E-state index in [1.54, 1.807) is 0 Å². The molecule has 6 nitrogen and oxygen atoms in total. The van der Waals surface area contributed by atoms with Gasteiger partial charge in [-0.2, -0.15) is 8.42 Å².